The molecule has 0 saturated carbocycles. The van der Waals surface area contributed by atoms with Gasteiger partial charge in [-0.05, 0) is 36.2 Å². The Morgan fingerprint density at radius 1 is 1.30 bits per heavy atom. The molecule has 0 aliphatic carbocycles. The minimum absolute atomic E-state index is 0.125. The van der Waals surface area contributed by atoms with Gasteiger partial charge in [0.1, 0.15) is 10.7 Å². The fourth-order valence-electron chi connectivity index (χ4n) is 1.86. The van der Waals surface area contributed by atoms with E-state index in [0.29, 0.717) is 11.8 Å². The Bertz CT molecular complexity index is 828. The van der Waals surface area contributed by atoms with Crippen molar-refractivity contribution >= 4 is 21.7 Å². The van der Waals surface area contributed by atoms with Crippen molar-refractivity contribution in [3.63, 3.8) is 0 Å². The van der Waals surface area contributed by atoms with Crippen molar-refractivity contribution in [2.24, 2.45) is 0 Å². The first-order valence-electron chi connectivity index (χ1n) is 6.15. The molecule has 0 saturated heterocycles. The molecule has 0 atom stereocenters. The van der Waals surface area contributed by atoms with Crippen LogP contribution in [0.4, 0.5) is 17.6 Å². The highest BCUT2D eigenvalue weighted by Gasteiger charge is 2.38. The van der Waals surface area contributed by atoms with Gasteiger partial charge in [0.05, 0.1) is 18.6 Å². The maximum absolute atomic E-state index is 14.0. The van der Waals surface area contributed by atoms with Crippen LogP contribution in [0, 0.1) is 12.7 Å². The van der Waals surface area contributed by atoms with E-state index in [1.165, 1.54) is 12.1 Å². The number of hydrogen-bond donors (Lipinski definition) is 0. The molecule has 0 unspecified atom stereocenters. The lowest BCUT2D eigenvalue weighted by Crippen LogP contribution is -2.10. The molecule has 23 heavy (non-hydrogen) atoms. The van der Waals surface area contributed by atoms with Gasteiger partial charge in [0, 0.05) is 11.1 Å². The van der Waals surface area contributed by atoms with Crippen molar-refractivity contribution in [1.82, 2.24) is 4.37 Å². The summed E-state index contributed by atoms with van der Waals surface area (Å²) in [6.45, 7) is 0.759. The maximum Gasteiger partial charge on any atom is 0.427 e. The molecule has 0 bridgehead atoms. The van der Waals surface area contributed by atoms with E-state index in [-0.39, 0.29) is 22.8 Å². The third-order valence-electron chi connectivity index (χ3n) is 2.84. The van der Waals surface area contributed by atoms with Gasteiger partial charge in [-0.1, -0.05) is 6.07 Å². The molecule has 0 fully saturated rings. The van der Waals surface area contributed by atoms with Crippen LogP contribution < -0.4 is 0 Å². The zero-order valence-corrected chi connectivity index (χ0v) is 13.6. The average Bonchev–Trinajstić information content (AvgIpc) is 2.79. The van der Waals surface area contributed by atoms with Crippen LogP contribution in [0.3, 0.4) is 0 Å². The monoisotopic (exact) mass is 369 g/mol. The van der Waals surface area contributed by atoms with Crippen LogP contribution in [-0.4, -0.2) is 19.0 Å². The Balaban J connectivity index is 2.57. The number of rotatable bonds is 4. The van der Waals surface area contributed by atoms with Gasteiger partial charge in [0.25, 0.3) is 10.1 Å². The molecule has 1 aromatic heterocycles. The smallest absolute Gasteiger partial charge is 0.265 e. The first kappa shape index (κ1) is 17.8. The largest absolute Gasteiger partial charge is 0.427 e. The summed E-state index contributed by atoms with van der Waals surface area (Å²) in [4.78, 5) is -1.11. The highest BCUT2D eigenvalue weighted by Crippen LogP contribution is 2.40. The lowest BCUT2D eigenvalue weighted by molar-refractivity contribution is -0.135. The molecule has 2 aromatic rings. The van der Waals surface area contributed by atoms with E-state index < -0.39 is 39.2 Å². The van der Waals surface area contributed by atoms with Crippen molar-refractivity contribution in [3.05, 3.63) is 40.0 Å². The van der Waals surface area contributed by atoms with Gasteiger partial charge < -0.3 is 0 Å². The van der Waals surface area contributed by atoms with E-state index in [0.717, 1.165) is 6.07 Å². The minimum atomic E-state index is -4.74. The predicted molar refractivity (Wildman–Crippen MR) is 76.9 cm³/mol. The van der Waals surface area contributed by atoms with Crippen LogP contribution in [-0.2, 0) is 27.1 Å². The second-order valence-electron chi connectivity index (χ2n) is 4.79. The summed E-state index contributed by atoms with van der Waals surface area (Å²) in [5.74, 6) is -0.746. The summed E-state index contributed by atoms with van der Waals surface area (Å²) >= 11 is 0.125. The molecule has 1 aromatic carbocycles. The van der Waals surface area contributed by atoms with Gasteiger partial charge in [-0.25, -0.2) is 4.39 Å². The fourth-order valence-corrected chi connectivity index (χ4v) is 2.95. The molecule has 10 heteroatoms. The third kappa shape index (κ3) is 4.27. The molecule has 126 valence electrons. The molecule has 0 N–H and O–H groups in total. The summed E-state index contributed by atoms with van der Waals surface area (Å²) in [5.41, 5.74) is -0.333. The van der Waals surface area contributed by atoms with Gasteiger partial charge in [0.15, 0.2) is 0 Å². The predicted octanol–water partition coefficient (Wildman–Crippen LogP) is 3.75. The lowest BCUT2D eigenvalue weighted by Gasteiger charge is -2.09. The topological polar surface area (TPSA) is 56.3 Å². The summed E-state index contributed by atoms with van der Waals surface area (Å²) in [6.07, 6.45) is -4.03. The highest BCUT2D eigenvalue weighted by molar-refractivity contribution is 7.85. The Labute approximate surface area is 134 Å². The SMILES string of the molecule is Cc1ccc(-c2nsc(C(F)(F)F)c2COS(C)(=O)=O)c(F)c1. The van der Waals surface area contributed by atoms with Gasteiger partial charge in [-0.3, -0.25) is 4.18 Å². The van der Waals surface area contributed by atoms with E-state index in [1.54, 1.807) is 6.92 Å². The zero-order valence-electron chi connectivity index (χ0n) is 11.9. The first-order valence-corrected chi connectivity index (χ1v) is 8.74. The normalized spacial score (nSPS) is 12.6. The van der Waals surface area contributed by atoms with Crippen LogP contribution in [0.1, 0.15) is 16.0 Å². The van der Waals surface area contributed by atoms with Gasteiger partial charge in [-0.15, -0.1) is 0 Å². The second kappa shape index (κ2) is 6.17. The van der Waals surface area contributed by atoms with Crippen molar-refractivity contribution in [3.8, 4) is 11.3 Å². The molecular weight excluding hydrogens is 358 g/mol. The van der Waals surface area contributed by atoms with E-state index in [2.05, 4.69) is 8.56 Å². The first-order chi connectivity index (χ1) is 10.5. The zero-order chi connectivity index (χ0) is 17.4. The summed E-state index contributed by atoms with van der Waals surface area (Å²) < 4.78 is 83.3. The van der Waals surface area contributed by atoms with E-state index in [9.17, 15) is 26.0 Å². The van der Waals surface area contributed by atoms with Crippen LogP contribution in [0.25, 0.3) is 11.3 Å². The fraction of sp³-hybridized carbons (Fsp3) is 0.308. The highest BCUT2D eigenvalue weighted by atomic mass is 32.2. The maximum atomic E-state index is 14.0. The standard InChI is InChI=1S/C13H11F4NO3S2/c1-7-3-4-8(10(14)5-7)11-9(6-21-23(2,19)20)12(22-18-11)13(15,16)17/h3-5H,6H2,1-2H3. The second-order valence-corrected chi connectivity index (χ2v) is 7.20. The molecule has 0 aliphatic heterocycles. The van der Waals surface area contributed by atoms with Crippen molar-refractivity contribution in [2.45, 2.75) is 19.7 Å². The van der Waals surface area contributed by atoms with Crippen molar-refractivity contribution < 1.29 is 30.2 Å². The van der Waals surface area contributed by atoms with Gasteiger partial charge >= 0.3 is 6.18 Å². The Hall–Kier alpha value is -1.52. The summed E-state index contributed by atoms with van der Waals surface area (Å²) in [6, 6.07) is 3.97. The molecule has 4 nitrogen and oxygen atoms in total. The number of nitrogens with zero attached hydrogens (tertiary/aromatic N) is 1. The number of halogens is 4. The van der Waals surface area contributed by atoms with Gasteiger partial charge in [0.2, 0.25) is 0 Å². The van der Waals surface area contributed by atoms with E-state index >= 15 is 0 Å². The van der Waals surface area contributed by atoms with Crippen molar-refractivity contribution in [2.75, 3.05) is 6.26 Å². The molecule has 0 amide bonds. The number of aromatic nitrogens is 1. The van der Waals surface area contributed by atoms with Crippen LogP contribution in [0.15, 0.2) is 18.2 Å². The van der Waals surface area contributed by atoms with Gasteiger partial charge in [-0.2, -0.15) is 26.0 Å². The third-order valence-corrected chi connectivity index (χ3v) is 4.32. The molecule has 2 rings (SSSR count). The number of benzene rings is 1. The number of alkyl halides is 3. The quantitative estimate of drug-likeness (QED) is 0.608. The van der Waals surface area contributed by atoms with E-state index in [4.69, 9.17) is 0 Å². The molecular formula is C13H11F4NO3S2. The summed E-state index contributed by atoms with van der Waals surface area (Å²) in [5, 5.41) is 0. The average molecular weight is 369 g/mol. The molecule has 1 heterocycles. The molecule has 0 spiro atoms. The summed E-state index contributed by atoms with van der Waals surface area (Å²) in [7, 11) is -3.96. The lowest BCUT2D eigenvalue weighted by atomic mass is 10.0. The molecule has 0 radical (unpaired) electrons. The van der Waals surface area contributed by atoms with Crippen molar-refractivity contribution in [1.29, 1.82) is 0 Å². The minimum Gasteiger partial charge on any atom is -0.265 e. The Kier molecular flexibility index (Phi) is 4.79. The Morgan fingerprint density at radius 2 is 1.96 bits per heavy atom. The number of hydrogen-bond acceptors (Lipinski definition) is 5. The Morgan fingerprint density at radius 3 is 2.48 bits per heavy atom. The van der Waals surface area contributed by atoms with Crippen LogP contribution in [0.5, 0.6) is 0 Å². The van der Waals surface area contributed by atoms with E-state index in [1.807, 2.05) is 0 Å². The molecule has 0 aliphatic rings. The van der Waals surface area contributed by atoms with Crippen LogP contribution >= 0.6 is 11.5 Å². The van der Waals surface area contributed by atoms with Crippen LogP contribution in [0.2, 0.25) is 0 Å². The number of aryl methyl sites for hydroxylation is 1.